The minimum Gasteiger partial charge on any atom is -0.368 e. The average Bonchev–Trinajstić information content (AvgIpc) is 3.21. The van der Waals surface area contributed by atoms with Crippen LogP contribution in [-0.4, -0.2) is 79.8 Å². The fourth-order valence-electron chi connectivity index (χ4n) is 4.76. The topological polar surface area (TPSA) is 81.2 Å². The van der Waals surface area contributed by atoms with Crippen LogP contribution in [0.2, 0.25) is 0 Å². The second-order valence-corrected chi connectivity index (χ2v) is 11.2. The van der Waals surface area contributed by atoms with Crippen molar-refractivity contribution in [1.82, 2.24) is 14.1 Å². The number of sulfonamides is 1. The Labute approximate surface area is 208 Å². The molecule has 35 heavy (non-hydrogen) atoms. The maximum Gasteiger partial charge on any atom is 0.334 e. The summed E-state index contributed by atoms with van der Waals surface area (Å²) in [7, 11) is -4.03. The van der Waals surface area contributed by atoms with E-state index in [2.05, 4.69) is 36.9 Å². The van der Waals surface area contributed by atoms with Gasteiger partial charge in [0.05, 0.1) is 11.4 Å². The van der Waals surface area contributed by atoms with Gasteiger partial charge in [0.25, 0.3) is 10.0 Å². The maximum atomic E-state index is 13.6. The molecule has 0 unspecified atom stereocenters. The molecule has 3 amide bonds. The molecule has 2 saturated heterocycles. The van der Waals surface area contributed by atoms with Crippen molar-refractivity contribution in [2.75, 3.05) is 44.2 Å². The van der Waals surface area contributed by atoms with Crippen LogP contribution in [0.3, 0.4) is 0 Å². The fourth-order valence-corrected chi connectivity index (χ4v) is 6.16. The van der Waals surface area contributed by atoms with Crippen molar-refractivity contribution >= 4 is 27.6 Å². The third-order valence-corrected chi connectivity index (χ3v) is 8.59. The van der Waals surface area contributed by atoms with Crippen molar-refractivity contribution in [3.63, 3.8) is 0 Å². The summed E-state index contributed by atoms with van der Waals surface area (Å²) in [5.74, 6) is -0.180. The Bertz CT molecular complexity index is 1180. The van der Waals surface area contributed by atoms with Crippen molar-refractivity contribution in [2.45, 2.75) is 44.6 Å². The molecule has 2 aromatic carbocycles. The molecule has 0 bridgehead atoms. The predicted octanol–water partition coefficient (Wildman–Crippen LogP) is 3.25. The first-order valence-electron chi connectivity index (χ1n) is 12.2. The standard InChI is InChI=1S/C26H34N4O4S/c1-4-5-13-29-24(19-30(26(29)32)35(33,34)22-9-7-6-8-10-22)25(31)28-16-14-27(15-17-28)23-18-20(2)11-12-21(23)3/h6-12,18,24H,4-5,13-17,19H2,1-3H3/t24-/m0/s1. The number of urea groups is 1. The summed E-state index contributed by atoms with van der Waals surface area (Å²) < 4.78 is 27.3. The molecule has 2 aliphatic heterocycles. The van der Waals surface area contributed by atoms with Crippen molar-refractivity contribution in [3.8, 4) is 0 Å². The fraction of sp³-hybridized carbons (Fsp3) is 0.462. The van der Waals surface area contributed by atoms with Crippen LogP contribution in [0.4, 0.5) is 10.5 Å². The van der Waals surface area contributed by atoms with Gasteiger partial charge >= 0.3 is 6.03 Å². The quantitative estimate of drug-likeness (QED) is 0.585. The number of unbranched alkanes of at least 4 members (excludes halogenated alkanes) is 1. The highest BCUT2D eigenvalue weighted by Gasteiger charge is 2.48. The summed E-state index contributed by atoms with van der Waals surface area (Å²) in [4.78, 5) is 32.4. The zero-order valence-corrected chi connectivity index (χ0v) is 21.5. The first-order chi connectivity index (χ1) is 16.7. The molecule has 8 nitrogen and oxygen atoms in total. The molecule has 188 valence electrons. The van der Waals surface area contributed by atoms with Gasteiger partial charge in [-0.15, -0.1) is 0 Å². The Morgan fingerprint density at radius 2 is 1.69 bits per heavy atom. The number of anilines is 1. The number of carbonyl (C=O) groups is 2. The summed E-state index contributed by atoms with van der Waals surface area (Å²) in [5.41, 5.74) is 3.57. The highest BCUT2D eigenvalue weighted by molar-refractivity contribution is 7.89. The lowest BCUT2D eigenvalue weighted by atomic mass is 10.1. The first kappa shape index (κ1) is 25.0. The number of carbonyl (C=O) groups excluding carboxylic acids is 2. The Kier molecular flexibility index (Phi) is 7.35. The molecule has 0 spiro atoms. The van der Waals surface area contributed by atoms with Gasteiger partial charge in [0.1, 0.15) is 6.04 Å². The van der Waals surface area contributed by atoms with Crippen LogP contribution in [0.25, 0.3) is 0 Å². The van der Waals surface area contributed by atoms with Gasteiger partial charge in [-0.1, -0.05) is 43.7 Å². The molecule has 0 saturated carbocycles. The second kappa shape index (κ2) is 10.3. The maximum absolute atomic E-state index is 13.6. The molecular weight excluding hydrogens is 464 g/mol. The number of piperazine rings is 1. The molecule has 2 heterocycles. The van der Waals surface area contributed by atoms with Crippen molar-refractivity contribution in [2.24, 2.45) is 0 Å². The van der Waals surface area contributed by atoms with E-state index in [0.717, 1.165) is 10.7 Å². The molecule has 2 aliphatic rings. The van der Waals surface area contributed by atoms with Gasteiger partial charge in [-0.3, -0.25) is 4.79 Å². The van der Waals surface area contributed by atoms with Gasteiger partial charge in [0.2, 0.25) is 5.91 Å². The number of hydrogen-bond donors (Lipinski definition) is 0. The highest BCUT2D eigenvalue weighted by atomic mass is 32.2. The minimum atomic E-state index is -4.03. The zero-order valence-electron chi connectivity index (χ0n) is 20.7. The summed E-state index contributed by atoms with van der Waals surface area (Å²) in [6.45, 7) is 8.81. The monoisotopic (exact) mass is 498 g/mol. The van der Waals surface area contributed by atoms with Crippen LogP contribution in [0.5, 0.6) is 0 Å². The number of rotatable bonds is 7. The number of hydrogen-bond acceptors (Lipinski definition) is 5. The van der Waals surface area contributed by atoms with E-state index in [-0.39, 0.29) is 17.3 Å². The molecule has 0 aromatic heterocycles. The molecule has 1 atom stereocenters. The second-order valence-electron chi connectivity index (χ2n) is 9.30. The Balaban J connectivity index is 1.51. The van der Waals surface area contributed by atoms with Gasteiger partial charge in [0, 0.05) is 38.4 Å². The molecule has 0 N–H and O–H groups in total. The first-order valence-corrected chi connectivity index (χ1v) is 13.7. The van der Waals surface area contributed by atoms with E-state index in [1.807, 2.05) is 6.92 Å². The SMILES string of the molecule is CCCCN1C(=O)N(S(=O)(=O)c2ccccc2)C[C@H]1C(=O)N1CCN(c2cc(C)ccc2C)CC1. The van der Waals surface area contributed by atoms with Crippen molar-refractivity contribution in [1.29, 1.82) is 0 Å². The molecule has 4 rings (SSSR count). The number of aryl methyl sites for hydroxylation is 2. The van der Waals surface area contributed by atoms with Gasteiger partial charge < -0.3 is 14.7 Å². The van der Waals surface area contributed by atoms with E-state index >= 15 is 0 Å². The Morgan fingerprint density at radius 1 is 1.00 bits per heavy atom. The average molecular weight is 499 g/mol. The van der Waals surface area contributed by atoms with Crippen LogP contribution in [-0.2, 0) is 14.8 Å². The molecule has 0 aliphatic carbocycles. The van der Waals surface area contributed by atoms with Crippen LogP contribution in [0.15, 0.2) is 53.4 Å². The van der Waals surface area contributed by atoms with Gasteiger partial charge in [-0.05, 0) is 49.6 Å². The number of amides is 3. The zero-order chi connectivity index (χ0) is 25.2. The van der Waals surface area contributed by atoms with Crippen molar-refractivity contribution < 1.29 is 18.0 Å². The van der Waals surface area contributed by atoms with Gasteiger partial charge in [-0.2, -0.15) is 0 Å². The Morgan fingerprint density at radius 3 is 2.34 bits per heavy atom. The lowest BCUT2D eigenvalue weighted by Gasteiger charge is -2.38. The van der Waals surface area contributed by atoms with Gasteiger partial charge in [-0.25, -0.2) is 17.5 Å². The summed E-state index contributed by atoms with van der Waals surface area (Å²) in [5, 5.41) is 0. The molecule has 9 heteroatoms. The predicted molar refractivity (Wildman–Crippen MR) is 136 cm³/mol. The minimum absolute atomic E-state index is 0.0547. The number of nitrogens with zero attached hydrogens (tertiary/aromatic N) is 4. The van der Waals surface area contributed by atoms with Crippen LogP contribution < -0.4 is 4.90 Å². The summed E-state index contributed by atoms with van der Waals surface area (Å²) >= 11 is 0. The van der Waals surface area contributed by atoms with E-state index in [0.29, 0.717) is 39.1 Å². The van der Waals surface area contributed by atoms with Crippen LogP contribution in [0.1, 0.15) is 30.9 Å². The summed E-state index contributed by atoms with van der Waals surface area (Å²) in [6.07, 6.45) is 1.54. The van der Waals surface area contributed by atoms with E-state index in [4.69, 9.17) is 0 Å². The lowest BCUT2D eigenvalue weighted by Crippen LogP contribution is -2.54. The van der Waals surface area contributed by atoms with E-state index in [9.17, 15) is 18.0 Å². The third kappa shape index (κ3) is 5.00. The molecule has 2 aromatic rings. The molecular formula is C26H34N4O4S. The van der Waals surface area contributed by atoms with Crippen molar-refractivity contribution in [3.05, 3.63) is 59.7 Å². The van der Waals surface area contributed by atoms with Gasteiger partial charge in [0.15, 0.2) is 0 Å². The third-order valence-electron chi connectivity index (χ3n) is 6.84. The van der Waals surface area contributed by atoms with Crippen LogP contribution in [0, 0.1) is 13.8 Å². The number of benzene rings is 2. The largest absolute Gasteiger partial charge is 0.368 e. The lowest BCUT2D eigenvalue weighted by molar-refractivity contribution is -0.135. The smallest absolute Gasteiger partial charge is 0.334 e. The Hall–Kier alpha value is -3.07. The summed E-state index contributed by atoms with van der Waals surface area (Å²) in [6, 6.07) is 12.9. The highest BCUT2D eigenvalue weighted by Crippen LogP contribution is 2.27. The normalized spacial score (nSPS) is 18.9. The van der Waals surface area contributed by atoms with E-state index < -0.39 is 22.1 Å². The van der Waals surface area contributed by atoms with E-state index in [1.165, 1.54) is 33.8 Å². The van der Waals surface area contributed by atoms with E-state index in [1.54, 1.807) is 23.1 Å². The van der Waals surface area contributed by atoms with Crippen LogP contribution >= 0.6 is 0 Å². The molecule has 0 radical (unpaired) electrons. The molecule has 2 fully saturated rings.